The van der Waals surface area contributed by atoms with Gasteiger partial charge in [0.1, 0.15) is 0 Å². The van der Waals surface area contributed by atoms with Crippen molar-refractivity contribution >= 4 is 11.7 Å². The van der Waals surface area contributed by atoms with Crippen LogP contribution in [-0.2, 0) is 9.59 Å². The van der Waals surface area contributed by atoms with Gasteiger partial charge in [0.15, 0.2) is 5.78 Å². The standard InChI is InChI=1S/C9H15NO2.C2H6/c1-6(2)5-9(7(3)11)10-8(4)12;1-2/h9H,1,5H2,2-4H3,(H,10,12);1-2H3. The van der Waals surface area contributed by atoms with Crippen LogP contribution < -0.4 is 5.32 Å². The van der Waals surface area contributed by atoms with Crippen LogP contribution in [0.2, 0.25) is 0 Å². The van der Waals surface area contributed by atoms with Crippen molar-refractivity contribution in [2.24, 2.45) is 0 Å². The summed E-state index contributed by atoms with van der Waals surface area (Å²) in [5.74, 6) is -0.218. The summed E-state index contributed by atoms with van der Waals surface area (Å²) in [6, 6.07) is -0.403. The van der Waals surface area contributed by atoms with Crippen molar-refractivity contribution < 1.29 is 9.59 Å². The molecule has 3 nitrogen and oxygen atoms in total. The van der Waals surface area contributed by atoms with Crippen LogP contribution in [-0.4, -0.2) is 17.7 Å². The first-order chi connectivity index (χ1) is 6.43. The molecule has 1 unspecified atom stereocenters. The number of hydrogen-bond acceptors (Lipinski definition) is 2. The van der Waals surface area contributed by atoms with Crippen LogP contribution in [0.25, 0.3) is 0 Å². The fraction of sp³-hybridized carbons (Fsp3) is 0.636. The van der Waals surface area contributed by atoms with E-state index in [1.54, 1.807) is 0 Å². The molecule has 0 bridgehead atoms. The number of Topliss-reactive ketones (excluding diaryl/α,β-unsaturated/α-hetero) is 1. The summed E-state index contributed by atoms with van der Waals surface area (Å²) in [5.41, 5.74) is 0.893. The van der Waals surface area contributed by atoms with E-state index < -0.39 is 6.04 Å². The van der Waals surface area contributed by atoms with Crippen molar-refractivity contribution in [3.05, 3.63) is 12.2 Å². The zero-order valence-electron chi connectivity index (χ0n) is 9.81. The Kier molecular flexibility index (Phi) is 9.30. The summed E-state index contributed by atoms with van der Waals surface area (Å²) in [7, 11) is 0. The molecule has 0 aromatic carbocycles. The van der Waals surface area contributed by atoms with E-state index in [9.17, 15) is 9.59 Å². The number of nitrogens with one attached hydrogen (secondary N) is 1. The van der Waals surface area contributed by atoms with Crippen molar-refractivity contribution in [2.75, 3.05) is 0 Å². The highest BCUT2D eigenvalue weighted by Crippen LogP contribution is 2.02. The number of carbonyl (C=O) groups excluding carboxylic acids is 2. The lowest BCUT2D eigenvalue weighted by atomic mass is 10.1. The summed E-state index contributed by atoms with van der Waals surface area (Å²) in [5, 5.41) is 2.56. The maximum atomic E-state index is 11.0. The lowest BCUT2D eigenvalue weighted by Crippen LogP contribution is -2.38. The molecule has 0 aliphatic carbocycles. The Morgan fingerprint density at radius 3 is 1.86 bits per heavy atom. The van der Waals surface area contributed by atoms with Gasteiger partial charge in [-0.05, 0) is 20.3 Å². The Balaban J connectivity index is 0. The molecule has 0 aliphatic heterocycles. The Bertz CT molecular complexity index is 193. The third-order valence-electron chi connectivity index (χ3n) is 1.42. The molecule has 0 saturated heterocycles. The van der Waals surface area contributed by atoms with Gasteiger partial charge in [0.25, 0.3) is 0 Å². The second kappa shape index (κ2) is 8.48. The average molecular weight is 199 g/mol. The van der Waals surface area contributed by atoms with Gasteiger partial charge in [0, 0.05) is 6.92 Å². The number of ketones is 1. The van der Waals surface area contributed by atoms with Gasteiger partial charge in [0.2, 0.25) is 5.91 Å². The van der Waals surface area contributed by atoms with Crippen LogP contribution >= 0.6 is 0 Å². The zero-order chi connectivity index (χ0) is 11.7. The number of amides is 1. The Hall–Kier alpha value is -1.12. The van der Waals surface area contributed by atoms with Gasteiger partial charge in [-0.3, -0.25) is 9.59 Å². The van der Waals surface area contributed by atoms with Crippen molar-refractivity contribution in [2.45, 2.75) is 47.1 Å². The summed E-state index contributed by atoms with van der Waals surface area (Å²) in [6.45, 7) is 12.4. The maximum absolute atomic E-state index is 11.0. The van der Waals surface area contributed by atoms with Crippen LogP contribution in [0.1, 0.15) is 41.0 Å². The smallest absolute Gasteiger partial charge is 0.217 e. The van der Waals surface area contributed by atoms with E-state index in [1.165, 1.54) is 13.8 Å². The zero-order valence-corrected chi connectivity index (χ0v) is 9.81. The molecule has 1 atom stereocenters. The first-order valence-electron chi connectivity index (χ1n) is 4.85. The molecule has 0 aromatic heterocycles. The monoisotopic (exact) mass is 199 g/mol. The number of hydrogen-bond donors (Lipinski definition) is 1. The molecule has 14 heavy (non-hydrogen) atoms. The van der Waals surface area contributed by atoms with Crippen LogP contribution in [0.15, 0.2) is 12.2 Å². The van der Waals surface area contributed by atoms with Crippen molar-refractivity contribution in [3.8, 4) is 0 Å². The molecule has 0 aromatic rings. The molecule has 0 aliphatic rings. The minimum atomic E-state index is -0.403. The molecule has 0 saturated carbocycles. The topological polar surface area (TPSA) is 46.2 Å². The van der Waals surface area contributed by atoms with Crippen molar-refractivity contribution in [3.63, 3.8) is 0 Å². The summed E-state index contributed by atoms with van der Waals surface area (Å²) >= 11 is 0. The van der Waals surface area contributed by atoms with Gasteiger partial charge < -0.3 is 5.32 Å². The molecule has 0 fully saturated rings. The predicted octanol–water partition coefficient (Wildman–Crippen LogP) is 2.07. The van der Waals surface area contributed by atoms with Crippen LogP contribution in [0.5, 0.6) is 0 Å². The van der Waals surface area contributed by atoms with Crippen molar-refractivity contribution in [1.82, 2.24) is 5.32 Å². The van der Waals surface area contributed by atoms with Gasteiger partial charge in [-0.2, -0.15) is 0 Å². The van der Waals surface area contributed by atoms with Crippen molar-refractivity contribution in [1.29, 1.82) is 0 Å². The summed E-state index contributed by atoms with van der Waals surface area (Å²) < 4.78 is 0. The fourth-order valence-corrected chi connectivity index (χ4v) is 0.890. The van der Waals surface area contributed by atoms with Gasteiger partial charge in [-0.25, -0.2) is 0 Å². The molecule has 0 rings (SSSR count). The molecule has 0 spiro atoms. The largest absolute Gasteiger partial charge is 0.346 e. The van der Waals surface area contributed by atoms with Crippen LogP contribution in [0, 0.1) is 0 Å². The molecule has 82 valence electrons. The van der Waals surface area contributed by atoms with E-state index in [1.807, 2.05) is 20.8 Å². The second-order valence-corrected chi connectivity index (χ2v) is 3.02. The third kappa shape index (κ3) is 8.97. The van der Waals surface area contributed by atoms with Gasteiger partial charge in [-0.15, -0.1) is 6.58 Å². The maximum Gasteiger partial charge on any atom is 0.217 e. The highest BCUT2D eigenvalue weighted by atomic mass is 16.2. The lowest BCUT2D eigenvalue weighted by molar-refractivity contribution is -0.125. The van der Waals surface area contributed by atoms with Gasteiger partial charge >= 0.3 is 0 Å². The molecule has 1 N–H and O–H groups in total. The van der Waals surface area contributed by atoms with Crippen LogP contribution in [0.4, 0.5) is 0 Å². The molecular weight excluding hydrogens is 178 g/mol. The molecule has 1 amide bonds. The minimum absolute atomic E-state index is 0.0341. The van der Waals surface area contributed by atoms with E-state index in [0.29, 0.717) is 6.42 Å². The van der Waals surface area contributed by atoms with E-state index in [-0.39, 0.29) is 11.7 Å². The SMILES string of the molecule is C=C(C)CC(NC(C)=O)C(C)=O.CC. The quantitative estimate of drug-likeness (QED) is 0.704. The minimum Gasteiger partial charge on any atom is -0.346 e. The number of rotatable bonds is 4. The van der Waals surface area contributed by atoms with E-state index >= 15 is 0 Å². The lowest BCUT2D eigenvalue weighted by Gasteiger charge is -2.13. The Labute approximate surface area is 86.6 Å². The van der Waals surface area contributed by atoms with Gasteiger partial charge in [0.05, 0.1) is 6.04 Å². The van der Waals surface area contributed by atoms with E-state index in [0.717, 1.165) is 5.57 Å². The Morgan fingerprint density at radius 2 is 1.64 bits per heavy atom. The summed E-state index contributed by atoms with van der Waals surface area (Å²) in [6.07, 6.45) is 0.523. The normalized spacial score (nSPS) is 10.6. The predicted molar refractivity (Wildman–Crippen MR) is 59.1 cm³/mol. The Morgan fingerprint density at radius 1 is 1.21 bits per heavy atom. The second-order valence-electron chi connectivity index (χ2n) is 3.02. The molecule has 0 heterocycles. The highest BCUT2D eigenvalue weighted by molar-refractivity contribution is 5.86. The average Bonchev–Trinajstić information content (AvgIpc) is 2.05. The molecule has 3 heteroatoms. The van der Waals surface area contributed by atoms with E-state index in [4.69, 9.17) is 0 Å². The number of carbonyl (C=O) groups is 2. The van der Waals surface area contributed by atoms with Gasteiger partial charge in [-0.1, -0.05) is 19.4 Å². The summed E-state index contributed by atoms with van der Waals surface area (Å²) in [4.78, 5) is 21.6. The first kappa shape index (κ1) is 15.4. The third-order valence-corrected chi connectivity index (χ3v) is 1.42. The van der Waals surface area contributed by atoms with Crippen LogP contribution in [0.3, 0.4) is 0 Å². The molecule has 0 radical (unpaired) electrons. The first-order valence-corrected chi connectivity index (χ1v) is 4.85. The fourth-order valence-electron chi connectivity index (χ4n) is 0.890. The van der Waals surface area contributed by atoms with E-state index in [2.05, 4.69) is 11.9 Å². The highest BCUT2D eigenvalue weighted by Gasteiger charge is 2.14. The molecular formula is C11H21NO2.